The van der Waals surface area contributed by atoms with Gasteiger partial charge in [0, 0.05) is 0 Å². The van der Waals surface area contributed by atoms with Crippen LogP contribution in [-0.4, -0.2) is 23.8 Å². The van der Waals surface area contributed by atoms with Crippen LogP contribution >= 0.6 is 0 Å². The molecule has 13 heavy (non-hydrogen) atoms. The molecule has 4 nitrogen and oxygen atoms in total. The zero-order chi connectivity index (χ0) is 9.84. The molecule has 6 heteroatoms. The molecule has 0 aliphatic carbocycles. The van der Waals surface area contributed by atoms with Crippen LogP contribution in [0.4, 0.5) is 4.39 Å². The van der Waals surface area contributed by atoms with Crippen LogP contribution < -0.4 is 4.65 Å². The Labute approximate surface area is 73.9 Å². The molecule has 0 heterocycles. The number of benzene rings is 1. The van der Waals surface area contributed by atoms with Gasteiger partial charge in [0.2, 0.25) is 0 Å². The van der Waals surface area contributed by atoms with Gasteiger partial charge in [-0.15, -0.1) is 0 Å². The van der Waals surface area contributed by atoms with Crippen LogP contribution in [0, 0.1) is 5.82 Å². The Bertz CT molecular complexity index is 328. The largest absolute Gasteiger partial charge is 0.569 e. The van der Waals surface area contributed by atoms with E-state index in [0.717, 1.165) is 12.1 Å². The maximum absolute atomic E-state index is 12.8. The van der Waals surface area contributed by atoms with Crippen molar-refractivity contribution in [1.82, 2.24) is 0 Å². The van der Waals surface area contributed by atoms with Crippen molar-refractivity contribution in [2.75, 3.05) is 0 Å². The number of carbonyl (C=O) groups is 1. The fraction of sp³-hybridized carbons (Fsp3) is 0. The Hall–Kier alpha value is -1.56. The molecule has 0 aliphatic rings. The Morgan fingerprint density at radius 1 is 1.54 bits per heavy atom. The SMILES string of the molecule is O=C(O)c1cc(O[B]O)ccc1F. The molecule has 67 valence electrons. The average Bonchev–Trinajstić information content (AvgIpc) is 2.08. The Balaban J connectivity index is 3.04. The van der Waals surface area contributed by atoms with Crippen molar-refractivity contribution in [2.24, 2.45) is 0 Å². The van der Waals surface area contributed by atoms with Gasteiger partial charge in [-0.05, 0) is 18.2 Å². The topological polar surface area (TPSA) is 66.8 Å². The lowest BCUT2D eigenvalue weighted by Crippen LogP contribution is -2.04. The first kappa shape index (κ1) is 9.53. The van der Waals surface area contributed by atoms with Gasteiger partial charge in [0.15, 0.2) is 0 Å². The first-order valence-corrected chi connectivity index (χ1v) is 3.30. The normalized spacial score (nSPS) is 9.38. The van der Waals surface area contributed by atoms with Crippen molar-refractivity contribution in [3.63, 3.8) is 0 Å². The predicted molar refractivity (Wildman–Crippen MR) is 42.0 cm³/mol. The Morgan fingerprint density at radius 3 is 2.77 bits per heavy atom. The fourth-order valence-electron chi connectivity index (χ4n) is 0.802. The summed E-state index contributed by atoms with van der Waals surface area (Å²) < 4.78 is 17.2. The number of carboxylic acids is 1. The minimum absolute atomic E-state index is 0.0568. The maximum atomic E-state index is 12.8. The molecule has 0 fully saturated rings. The molecule has 1 radical (unpaired) electrons. The second kappa shape index (κ2) is 3.91. The van der Waals surface area contributed by atoms with Crippen LogP contribution in [0.15, 0.2) is 18.2 Å². The Morgan fingerprint density at radius 2 is 2.23 bits per heavy atom. The molecular formula is C7H5BFO4. The highest BCUT2D eigenvalue weighted by Gasteiger charge is 2.10. The lowest BCUT2D eigenvalue weighted by atomic mass is 10.2. The van der Waals surface area contributed by atoms with Gasteiger partial charge >= 0.3 is 13.7 Å². The zero-order valence-corrected chi connectivity index (χ0v) is 6.40. The van der Waals surface area contributed by atoms with Gasteiger partial charge in [-0.3, -0.25) is 0 Å². The van der Waals surface area contributed by atoms with Crippen LogP contribution in [-0.2, 0) is 0 Å². The molecule has 0 saturated carbocycles. The van der Waals surface area contributed by atoms with E-state index < -0.39 is 17.3 Å². The summed E-state index contributed by atoms with van der Waals surface area (Å²) in [5.74, 6) is -2.18. The van der Waals surface area contributed by atoms with Gasteiger partial charge in [0.05, 0.1) is 5.56 Å². The highest BCUT2D eigenvalue weighted by Crippen LogP contribution is 2.16. The van der Waals surface area contributed by atoms with Gasteiger partial charge in [0.1, 0.15) is 11.6 Å². The van der Waals surface area contributed by atoms with Crippen LogP contribution in [0.3, 0.4) is 0 Å². The number of aromatic carboxylic acids is 1. The van der Waals surface area contributed by atoms with E-state index in [0.29, 0.717) is 7.69 Å². The van der Waals surface area contributed by atoms with E-state index in [-0.39, 0.29) is 5.75 Å². The number of hydrogen-bond acceptors (Lipinski definition) is 3. The van der Waals surface area contributed by atoms with Gasteiger partial charge < -0.3 is 14.8 Å². The number of rotatable bonds is 3. The standard InChI is InChI=1S/C7H5BFO4/c9-6-2-1-4(13-8-12)3-5(6)7(10)11/h1-3,12H,(H,10,11). The molecule has 0 atom stereocenters. The number of halogens is 1. The molecule has 2 N–H and O–H groups in total. The van der Waals surface area contributed by atoms with Crippen molar-refractivity contribution in [3.05, 3.63) is 29.6 Å². The van der Waals surface area contributed by atoms with Crippen LogP contribution in [0.5, 0.6) is 5.75 Å². The molecule has 0 saturated heterocycles. The maximum Gasteiger partial charge on any atom is 0.569 e. The second-order valence-electron chi connectivity index (χ2n) is 2.17. The first-order valence-electron chi connectivity index (χ1n) is 3.30. The minimum Gasteiger partial charge on any atom is -0.537 e. The summed E-state index contributed by atoms with van der Waals surface area (Å²) in [4.78, 5) is 10.4. The minimum atomic E-state index is -1.39. The van der Waals surface area contributed by atoms with Crippen LogP contribution in [0.1, 0.15) is 10.4 Å². The summed E-state index contributed by atoms with van der Waals surface area (Å²) >= 11 is 0. The van der Waals surface area contributed by atoms with Crippen molar-refractivity contribution in [3.8, 4) is 5.75 Å². The molecule has 0 aromatic heterocycles. The van der Waals surface area contributed by atoms with Gasteiger partial charge in [-0.1, -0.05) is 0 Å². The molecule has 1 aromatic carbocycles. The average molecular weight is 183 g/mol. The predicted octanol–water partition coefficient (Wildman–Crippen LogP) is 0.429. The molecule has 0 unspecified atom stereocenters. The van der Waals surface area contributed by atoms with Crippen molar-refractivity contribution < 1.29 is 24.0 Å². The zero-order valence-electron chi connectivity index (χ0n) is 6.40. The molecular weight excluding hydrogens is 178 g/mol. The van der Waals surface area contributed by atoms with E-state index in [4.69, 9.17) is 10.1 Å². The highest BCUT2D eigenvalue weighted by molar-refractivity contribution is 6.17. The Kier molecular flexibility index (Phi) is 2.86. The lowest BCUT2D eigenvalue weighted by Gasteiger charge is -2.02. The second-order valence-corrected chi connectivity index (χ2v) is 2.17. The first-order chi connectivity index (χ1) is 6.15. The lowest BCUT2D eigenvalue weighted by molar-refractivity contribution is 0.0691. The third-order valence-electron chi connectivity index (χ3n) is 1.36. The van der Waals surface area contributed by atoms with E-state index in [9.17, 15) is 9.18 Å². The summed E-state index contributed by atoms with van der Waals surface area (Å²) in [7, 11) is 0.388. The molecule has 1 aromatic rings. The van der Waals surface area contributed by atoms with E-state index in [1.807, 2.05) is 0 Å². The summed E-state index contributed by atoms with van der Waals surface area (Å²) in [6.07, 6.45) is 0. The number of hydrogen-bond donors (Lipinski definition) is 2. The fourth-order valence-corrected chi connectivity index (χ4v) is 0.802. The summed E-state index contributed by atoms with van der Waals surface area (Å²) in [6.45, 7) is 0. The third kappa shape index (κ3) is 2.19. The number of carboxylic acid groups (broad SMARTS) is 1. The molecule has 0 bridgehead atoms. The summed E-state index contributed by atoms with van der Waals surface area (Å²) in [5, 5.41) is 16.7. The smallest absolute Gasteiger partial charge is 0.537 e. The van der Waals surface area contributed by atoms with E-state index >= 15 is 0 Å². The quantitative estimate of drug-likeness (QED) is 0.666. The monoisotopic (exact) mass is 183 g/mol. The molecule has 0 spiro atoms. The van der Waals surface area contributed by atoms with Crippen LogP contribution in [0.25, 0.3) is 0 Å². The van der Waals surface area contributed by atoms with Crippen molar-refractivity contribution >= 4 is 13.7 Å². The third-order valence-corrected chi connectivity index (χ3v) is 1.36. The van der Waals surface area contributed by atoms with Crippen molar-refractivity contribution in [1.29, 1.82) is 0 Å². The molecule has 1 rings (SSSR count). The summed E-state index contributed by atoms with van der Waals surface area (Å²) in [6, 6.07) is 3.13. The molecule has 0 aliphatic heterocycles. The van der Waals surface area contributed by atoms with Crippen molar-refractivity contribution in [2.45, 2.75) is 0 Å². The van der Waals surface area contributed by atoms with Gasteiger partial charge in [-0.2, -0.15) is 0 Å². The van der Waals surface area contributed by atoms with Gasteiger partial charge in [-0.25, -0.2) is 9.18 Å². The van der Waals surface area contributed by atoms with E-state index in [1.165, 1.54) is 6.07 Å². The van der Waals surface area contributed by atoms with Crippen LogP contribution in [0.2, 0.25) is 0 Å². The van der Waals surface area contributed by atoms with E-state index in [1.54, 1.807) is 0 Å². The molecule has 0 amide bonds. The summed E-state index contributed by atoms with van der Waals surface area (Å²) in [5.41, 5.74) is -0.501. The highest BCUT2D eigenvalue weighted by atomic mass is 19.1. The van der Waals surface area contributed by atoms with E-state index in [2.05, 4.69) is 4.65 Å². The van der Waals surface area contributed by atoms with Gasteiger partial charge in [0.25, 0.3) is 0 Å².